The Morgan fingerprint density at radius 1 is 1.40 bits per heavy atom. The molecule has 88 valence electrons. The summed E-state index contributed by atoms with van der Waals surface area (Å²) in [5, 5.41) is 0. The fraction of sp³-hybridized carbons (Fsp3) is 1.00. The molecule has 0 amide bonds. The monoisotopic (exact) mass is 232 g/mol. The molecule has 5 heteroatoms. The molecule has 2 aliphatic heterocycles. The van der Waals surface area contributed by atoms with Crippen LogP contribution < -0.4 is 4.72 Å². The maximum atomic E-state index is 11.4. The lowest BCUT2D eigenvalue weighted by atomic mass is 10.1. The van der Waals surface area contributed by atoms with Gasteiger partial charge in [0.05, 0.1) is 5.75 Å². The highest BCUT2D eigenvalue weighted by molar-refractivity contribution is 7.89. The van der Waals surface area contributed by atoms with Gasteiger partial charge in [-0.1, -0.05) is 6.92 Å². The summed E-state index contributed by atoms with van der Waals surface area (Å²) in [6.07, 6.45) is 3.05. The van der Waals surface area contributed by atoms with E-state index in [9.17, 15) is 8.42 Å². The van der Waals surface area contributed by atoms with Gasteiger partial charge >= 0.3 is 0 Å². The third-order valence-corrected chi connectivity index (χ3v) is 4.82. The molecule has 0 spiro atoms. The van der Waals surface area contributed by atoms with Crippen LogP contribution in [-0.4, -0.2) is 44.7 Å². The smallest absolute Gasteiger partial charge is 0.211 e. The first kappa shape index (κ1) is 11.4. The fourth-order valence-corrected chi connectivity index (χ4v) is 3.89. The SMILES string of the molecule is CC1CCN(CC2CCCS(=O)(=O)N2)C1. The summed E-state index contributed by atoms with van der Waals surface area (Å²) in [4.78, 5) is 2.38. The van der Waals surface area contributed by atoms with E-state index in [-0.39, 0.29) is 6.04 Å². The number of nitrogens with zero attached hydrogens (tertiary/aromatic N) is 1. The number of rotatable bonds is 2. The van der Waals surface area contributed by atoms with Crippen LogP contribution >= 0.6 is 0 Å². The molecule has 2 fully saturated rings. The highest BCUT2D eigenvalue weighted by Crippen LogP contribution is 2.17. The molecule has 0 aromatic rings. The molecule has 1 N–H and O–H groups in total. The van der Waals surface area contributed by atoms with E-state index < -0.39 is 10.0 Å². The number of hydrogen-bond donors (Lipinski definition) is 1. The molecular formula is C10H20N2O2S. The molecule has 2 aliphatic rings. The lowest BCUT2D eigenvalue weighted by Gasteiger charge is -2.27. The van der Waals surface area contributed by atoms with E-state index in [2.05, 4.69) is 16.5 Å². The topological polar surface area (TPSA) is 49.4 Å². The van der Waals surface area contributed by atoms with Gasteiger partial charge in [-0.2, -0.15) is 0 Å². The molecule has 2 saturated heterocycles. The molecule has 15 heavy (non-hydrogen) atoms. The van der Waals surface area contributed by atoms with Crippen molar-refractivity contribution < 1.29 is 8.42 Å². The van der Waals surface area contributed by atoms with E-state index in [4.69, 9.17) is 0 Å². The molecule has 0 aromatic heterocycles. The lowest BCUT2D eigenvalue weighted by molar-refractivity contribution is 0.285. The zero-order chi connectivity index (χ0) is 10.9. The molecule has 0 aromatic carbocycles. The second-order valence-corrected chi connectivity index (χ2v) is 6.80. The van der Waals surface area contributed by atoms with Crippen LogP contribution in [0, 0.1) is 5.92 Å². The van der Waals surface area contributed by atoms with Crippen LogP contribution in [0.15, 0.2) is 0 Å². The number of sulfonamides is 1. The van der Waals surface area contributed by atoms with Gasteiger partial charge in [-0.15, -0.1) is 0 Å². The fourth-order valence-electron chi connectivity index (χ4n) is 2.52. The quantitative estimate of drug-likeness (QED) is 0.750. The van der Waals surface area contributed by atoms with Gasteiger partial charge < -0.3 is 4.90 Å². The molecule has 4 nitrogen and oxygen atoms in total. The van der Waals surface area contributed by atoms with E-state index in [1.807, 2.05) is 0 Å². The van der Waals surface area contributed by atoms with Crippen LogP contribution in [-0.2, 0) is 10.0 Å². The maximum absolute atomic E-state index is 11.4. The minimum atomic E-state index is -2.96. The van der Waals surface area contributed by atoms with Crippen molar-refractivity contribution in [3.8, 4) is 0 Å². The zero-order valence-electron chi connectivity index (χ0n) is 9.28. The Kier molecular flexibility index (Phi) is 3.33. The largest absolute Gasteiger partial charge is 0.301 e. The maximum Gasteiger partial charge on any atom is 0.211 e. The molecule has 0 bridgehead atoms. The van der Waals surface area contributed by atoms with Gasteiger partial charge in [0.25, 0.3) is 0 Å². The van der Waals surface area contributed by atoms with Crippen molar-refractivity contribution in [2.45, 2.75) is 32.2 Å². The van der Waals surface area contributed by atoms with Crippen molar-refractivity contribution in [1.29, 1.82) is 0 Å². The Balaban J connectivity index is 1.84. The van der Waals surface area contributed by atoms with Gasteiger partial charge in [-0.3, -0.25) is 0 Å². The van der Waals surface area contributed by atoms with Crippen molar-refractivity contribution >= 4 is 10.0 Å². The van der Waals surface area contributed by atoms with Crippen LogP contribution in [0.5, 0.6) is 0 Å². The van der Waals surface area contributed by atoms with Crippen LogP contribution in [0.4, 0.5) is 0 Å². The van der Waals surface area contributed by atoms with Gasteiger partial charge in [0, 0.05) is 19.1 Å². The molecule has 2 unspecified atom stereocenters. The molecule has 0 saturated carbocycles. The highest BCUT2D eigenvalue weighted by Gasteiger charge is 2.27. The summed E-state index contributed by atoms with van der Waals surface area (Å²) < 4.78 is 25.5. The van der Waals surface area contributed by atoms with Crippen molar-refractivity contribution in [3.63, 3.8) is 0 Å². The predicted molar refractivity (Wildman–Crippen MR) is 60.2 cm³/mol. The predicted octanol–water partition coefficient (Wildman–Crippen LogP) is 0.410. The van der Waals surface area contributed by atoms with Crippen molar-refractivity contribution in [2.75, 3.05) is 25.4 Å². The van der Waals surface area contributed by atoms with Crippen LogP contribution in [0.25, 0.3) is 0 Å². The van der Waals surface area contributed by atoms with Crippen LogP contribution in [0.1, 0.15) is 26.2 Å². The summed E-state index contributed by atoms with van der Waals surface area (Å²) in [6, 6.07) is 0.147. The molecule has 2 atom stereocenters. The minimum Gasteiger partial charge on any atom is -0.301 e. The van der Waals surface area contributed by atoms with E-state index in [0.29, 0.717) is 5.75 Å². The second kappa shape index (κ2) is 4.39. The molecule has 2 rings (SSSR count). The first-order chi connectivity index (χ1) is 7.05. The number of nitrogens with one attached hydrogen (secondary N) is 1. The van der Waals surface area contributed by atoms with Gasteiger partial charge in [-0.25, -0.2) is 13.1 Å². The van der Waals surface area contributed by atoms with Gasteiger partial charge in [0.2, 0.25) is 10.0 Å². The van der Waals surface area contributed by atoms with Crippen molar-refractivity contribution in [2.24, 2.45) is 5.92 Å². The molecule has 0 aliphatic carbocycles. The van der Waals surface area contributed by atoms with E-state index in [1.54, 1.807) is 0 Å². The Hall–Kier alpha value is -0.130. The highest BCUT2D eigenvalue weighted by atomic mass is 32.2. The number of hydrogen-bond acceptors (Lipinski definition) is 3. The standard InChI is InChI=1S/C10H20N2O2S/c1-9-4-5-12(7-9)8-10-3-2-6-15(13,14)11-10/h9-11H,2-8H2,1H3. The van der Waals surface area contributed by atoms with Crippen LogP contribution in [0.2, 0.25) is 0 Å². The Morgan fingerprint density at radius 3 is 2.80 bits per heavy atom. The summed E-state index contributed by atoms with van der Waals surface area (Å²) in [5.41, 5.74) is 0. The lowest BCUT2D eigenvalue weighted by Crippen LogP contribution is -2.47. The van der Waals surface area contributed by atoms with Gasteiger partial charge in [0.1, 0.15) is 0 Å². The average molecular weight is 232 g/mol. The Morgan fingerprint density at radius 2 is 2.20 bits per heavy atom. The molecular weight excluding hydrogens is 212 g/mol. The Bertz CT molecular complexity index is 315. The molecule has 0 radical (unpaired) electrons. The number of likely N-dealkylation sites (tertiary alicyclic amines) is 1. The second-order valence-electron chi connectivity index (χ2n) is 4.93. The summed E-state index contributed by atoms with van der Waals surface area (Å²) in [7, 11) is -2.96. The molecule has 2 heterocycles. The zero-order valence-corrected chi connectivity index (χ0v) is 10.1. The van der Waals surface area contributed by atoms with E-state index in [0.717, 1.165) is 38.4 Å². The van der Waals surface area contributed by atoms with E-state index in [1.165, 1.54) is 6.42 Å². The third kappa shape index (κ3) is 3.16. The normalized spacial score (nSPS) is 36.9. The van der Waals surface area contributed by atoms with Crippen molar-refractivity contribution in [3.05, 3.63) is 0 Å². The first-order valence-corrected chi connectivity index (χ1v) is 7.43. The third-order valence-electron chi connectivity index (χ3n) is 3.30. The van der Waals surface area contributed by atoms with Gasteiger partial charge in [-0.05, 0) is 31.7 Å². The summed E-state index contributed by atoms with van der Waals surface area (Å²) in [5.74, 6) is 1.07. The summed E-state index contributed by atoms with van der Waals surface area (Å²) in [6.45, 7) is 5.40. The van der Waals surface area contributed by atoms with Crippen molar-refractivity contribution in [1.82, 2.24) is 9.62 Å². The van der Waals surface area contributed by atoms with E-state index >= 15 is 0 Å². The first-order valence-electron chi connectivity index (χ1n) is 5.77. The minimum absolute atomic E-state index is 0.147. The Labute approximate surface area is 92.1 Å². The van der Waals surface area contributed by atoms with Crippen LogP contribution in [0.3, 0.4) is 0 Å². The summed E-state index contributed by atoms with van der Waals surface area (Å²) >= 11 is 0. The van der Waals surface area contributed by atoms with Gasteiger partial charge in [0.15, 0.2) is 0 Å². The average Bonchev–Trinajstić information content (AvgIpc) is 2.49.